The van der Waals surface area contributed by atoms with Gasteiger partial charge in [-0.3, -0.25) is 14.4 Å². The first-order valence-corrected chi connectivity index (χ1v) is 14.3. The summed E-state index contributed by atoms with van der Waals surface area (Å²) in [6.45, 7) is 4.18. The number of rotatable bonds is 11. The average Bonchev–Trinajstić information content (AvgIpc) is 2.96. The van der Waals surface area contributed by atoms with Gasteiger partial charge in [-0.05, 0) is 73.5 Å². The summed E-state index contributed by atoms with van der Waals surface area (Å²) in [5.74, 6) is -0.0504. The Morgan fingerprint density at radius 1 is 1.00 bits per heavy atom. The molecule has 40 heavy (non-hydrogen) atoms. The van der Waals surface area contributed by atoms with Crippen LogP contribution in [-0.2, 0) is 20.8 Å². The molecule has 0 spiro atoms. The fourth-order valence-corrected chi connectivity index (χ4v) is 5.25. The third kappa shape index (κ3) is 7.70. The van der Waals surface area contributed by atoms with Crippen molar-refractivity contribution >= 4 is 50.5 Å². The minimum atomic E-state index is -1.03. The highest BCUT2D eigenvalue weighted by Crippen LogP contribution is 2.25. The van der Waals surface area contributed by atoms with Crippen LogP contribution in [0.15, 0.2) is 71.2 Å². The molecule has 3 aromatic carbocycles. The summed E-state index contributed by atoms with van der Waals surface area (Å²) in [5, 5.41) is 14.1. The molecule has 1 aliphatic rings. The van der Waals surface area contributed by atoms with Crippen LogP contribution in [0.25, 0.3) is 16.8 Å². The van der Waals surface area contributed by atoms with E-state index in [1.54, 1.807) is 6.08 Å². The summed E-state index contributed by atoms with van der Waals surface area (Å²) in [4.78, 5) is 38.8. The van der Waals surface area contributed by atoms with Crippen LogP contribution in [0, 0.1) is 0 Å². The van der Waals surface area contributed by atoms with Crippen LogP contribution in [0.3, 0.4) is 0 Å². The first-order valence-electron chi connectivity index (χ1n) is 13.5. The van der Waals surface area contributed by atoms with E-state index in [1.807, 2.05) is 67.6 Å². The highest BCUT2D eigenvalue weighted by Gasteiger charge is 2.40. The molecule has 8 nitrogen and oxygen atoms in total. The number of ether oxygens (including phenoxy) is 1. The van der Waals surface area contributed by atoms with Crippen molar-refractivity contribution in [1.29, 1.82) is 0 Å². The van der Waals surface area contributed by atoms with E-state index in [0.717, 1.165) is 26.4 Å². The van der Waals surface area contributed by atoms with Gasteiger partial charge in [0.25, 0.3) is 0 Å². The zero-order valence-corrected chi connectivity index (χ0v) is 24.2. The van der Waals surface area contributed by atoms with E-state index in [0.29, 0.717) is 44.8 Å². The van der Waals surface area contributed by atoms with Crippen molar-refractivity contribution in [2.45, 2.75) is 31.7 Å². The molecule has 4 N–H and O–H groups in total. The van der Waals surface area contributed by atoms with Crippen molar-refractivity contribution in [2.75, 3.05) is 32.8 Å². The number of amides is 3. The maximum atomic E-state index is 13.3. The van der Waals surface area contributed by atoms with E-state index in [2.05, 4.69) is 37.2 Å². The average molecular weight is 608 g/mol. The molecule has 1 heterocycles. The number of carbonyl (C=O) groups is 3. The Hall–Kier alpha value is -3.69. The molecule has 0 bridgehead atoms. The van der Waals surface area contributed by atoms with Crippen molar-refractivity contribution in [3.05, 3.63) is 82.3 Å². The van der Waals surface area contributed by atoms with Gasteiger partial charge in [-0.25, -0.2) is 0 Å². The summed E-state index contributed by atoms with van der Waals surface area (Å²) in [6.07, 6.45) is 4.30. The molecular weight excluding hydrogens is 572 g/mol. The molecule has 1 aliphatic heterocycles. The van der Waals surface area contributed by atoms with Gasteiger partial charge in [0.05, 0.1) is 13.0 Å². The number of hydrogen-bond donors (Lipinski definition) is 4. The third-order valence-corrected chi connectivity index (χ3v) is 7.40. The predicted molar refractivity (Wildman–Crippen MR) is 161 cm³/mol. The zero-order valence-electron chi connectivity index (χ0n) is 22.6. The summed E-state index contributed by atoms with van der Waals surface area (Å²) < 4.78 is 6.52. The summed E-state index contributed by atoms with van der Waals surface area (Å²) in [7, 11) is 0. The Labute approximate surface area is 243 Å². The van der Waals surface area contributed by atoms with Gasteiger partial charge in [-0.2, -0.15) is 0 Å². The molecule has 9 heteroatoms. The molecule has 0 saturated carbocycles. The molecule has 0 aliphatic carbocycles. The molecule has 3 amide bonds. The Bertz CT molecular complexity index is 1380. The van der Waals surface area contributed by atoms with Crippen molar-refractivity contribution in [3.63, 3.8) is 0 Å². The van der Waals surface area contributed by atoms with Crippen molar-refractivity contribution < 1.29 is 19.1 Å². The molecule has 0 unspecified atom stereocenters. The second-order valence-electron chi connectivity index (χ2n) is 9.69. The minimum absolute atomic E-state index is 0.111. The van der Waals surface area contributed by atoms with Crippen molar-refractivity contribution in [1.82, 2.24) is 21.3 Å². The Morgan fingerprint density at radius 3 is 2.55 bits per heavy atom. The smallest absolute Gasteiger partial charge is 0.245 e. The van der Waals surface area contributed by atoms with E-state index in [-0.39, 0.29) is 30.7 Å². The predicted octanol–water partition coefficient (Wildman–Crippen LogP) is 3.73. The van der Waals surface area contributed by atoms with Crippen LogP contribution >= 0.6 is 15.9 Å². The first-order chi connectivity index (χ1) is 19.4. The zero-order chi connectivity index (χ0) is 28.4. The lowest BCUT2D eigenvalue weighted by atomic mass is 9.87. The van der Waals surface area contributed by atoms with E-state index >= 15 is 0 Å². The third-order valence-electron chi connectivity index (χ3n) is 6.90. The van der Waals surface area contributed by atoms with Crippen LogP contribution in [0.2, 0.25) is 0 Å². The Kier molecular flexibility index (Phi) is 10.3. The van der Waals surface area contributed by atoms with Gasteiger partial charge >= 0.3 is 0 Å². The van der Waals surface area contributed by atoms with Crippen LogP contribution < -0.4 is 26.0 Å². The van der Waals surface area contributed by atoms with Gasteiger partial charge in [0.15, 0.2) is 0 Å². The standard InChI is InChI=1S/C31H35BrN4O4/c1-2-40-27-12-11-25(32)20-24(27)10-13-28(37)36-31(14-16-33-17-15-31)30(39)35-19-18-34-29(38)21-23-8-5-7-22-6-3-4-9-26(22)23/h3-13,20,33H,2,14-19,21H2,1H3,(H,34,38)(H,35,39)(H,36,37)/b13-10+. The van der Waals surface area contributed by atoms with Gasteiger partial charge in [-0.1, -0.05) is 58.4 Å². The minimum Gasteiger partial charge on any atom is -0.493 e. The lowest BCUT2D eigenvalue weighted by molar-refractivity contribution is -0.133. The van der Waals surface area contributed by atoms with Crippen LogP contribution in [0.1, 0.15) is 30.9 Å². The van der Waals surface area contributed by atoms with Crippen LogP contribution in [0.4, 0.5) is 0 Å². The number of halogens is 1. The monoisotopic (exact) mass is 606 g/mol. The molecule has 0 atom stereocenters. The SMILES string of the molecule is CCOc1ccc(Br)cc1/C=C/C(=O)NC1(C(=O)NCCNC(=O)Cc2cccc3ccccc23)CCNCC1. The molecule has 0 aromatic heterocycles. The maximum absolute atomic E-state index is 13.3. The van der Waals surface area contributed by atoms with Gasteiger partial charge in [0, 0.05) is 29.2 Å². The van der Waals surface area contributed by atoms with E-state index in [4.69, 9.17) is 4.74 Å². The van der Waals surface area contributed by atoms with E-state index in [1.165, 1.54) is 6.08 Å². The summed E-state index contributed by atoms with van der Waals surface area (Å²) in [6, 6.07) is 19.5. The quantitative estimate of drug-likeness (QED) is 0.196. The first kappa shape index (κ1) is 29.3. The molecule has 1 saturated heterocycles. The Balaban J connectivity index is 1.31. The summed E-state index contributed by atoms with van der Waals surface area (Å²) >= 11 is 3.45. The molecular formula is C31H35BrN4O4. The van der Waals surface area contributed by atoms with E-state index in [9.17, 15) is 14.4 Å². The topological polar surface area (TPSA) is 109 Å². The van der Waals surface area contributed by atoms with Gasteiger partial charge in [0.2, 0.25) is 17.7 Å². The highest BCUT2D eigenvalue weighted by atomic mass is 79.9. The largest absolute Gasteiger partial charge is 0.493 e. The number of hydrogen-bond acceptors (Lipinski definition) is 5. The molecule has 4 rings (SSSR count). The number of benzene rings is 3. The lowest BCUT2D eigenvalue weighted by Crippen LogP contribution is -2.63. The van der Waals surface area contributed by atoms with Gasteiger partial charge in [-0.15, -0.1) is 0 Å². The number of piperidine rings is 1. The molecule has 3 aromatic rings. The lowest BCUT2D eigenvalue weighted by Gasteiger charge is -2.36. The second kappa shape index (κ2) is 14.1. The molecule has 0 radical (unpaired) electrons. The molecule has 1 fully saturated rings. The second-order valence-corrected chi connectivity index (χ2v) is 10.6. The normalized spacial score (nSPS) is 14.6. The number of nitrogens with one attached hydrogen (secondary N) is 4. The van der Waals surface area contributed by atoms with Crippen molar-refractivity contribution in [2.24, 2.45) is 0 Å². The van der Waals surface area contributed by atoms with Crippen LogP contribution in [-0.4, -0.2) is 56.0 Å². The van der Waals surface area contributed by atoms with E-state index < -0.39 is 5.54 Å². The van der Waals surface area contributed by atoms with Gasteiger partial charge < -0.3 is 26.0 Å². The van der Waals surface area contributed by atoms with Gasteiger partial charge in [0.1, 0.15) is 11.3 Å². The number of carbonyl (C=O) groups excluding carboxylic acids is 3. The fraction of sp³-hybridized carbons (Fsp3) is 0.323. The van der Waals surface area contributed by atoms with Crippen molar-refractivity contribution in [3.8, 4) is 5.75 Å². The fourth-order valence-electron chi connectivity index (χ4n) is 4.87. The maximum Gasteiger partial charge on any atom is 0.245 e. The summed E-state index contributed by atoms with van der Waals surface area (Å²) in [5.41, 5.74) is 0.689. The highest BCUT2D eigenvalue weighted by molar-refractivity contribution is 9.10. The Morgan fingerprint density at radius 2 is 1.75 bits per heavy atom. The van der Waals surface area contributed by atoms with Crippen LogP contribution in [0.5, 0.6) is 5.75 Å². The molecule has 210 valence electrons. The number of fused-ring (bicyclic) bond motifs is 1.